The number of hydrogen-bond acceptors (Lipinski definition) is 3. The van der Waals surface area contributed by atoms with Crippen molar-refractivity contribution in [3.8, 4) is 6.07 Å². The van der Waals surface area contributed by atoms with Gasteiger partial charge in [-0.1, -0.05) is 38.1 Å². The molecule has 102 valence electrons. The molecular weight excluding hydrogens is 236 g/mol. The molecule has 0 fully saturated rings. The molecular formula is C16H22N2O. The zero-order valence-electron chi connectivity index (χ0n) is 12.2. The Labute approximate surface area is 115 Å². The van der Waals surface area contributed by atoms with Crippen molar-refractivity contribution in [2.45, 2.75) is 39.2 Å². The van der Waals surface area contributed by atoms with Crippen molar-refractivity contribution in [1.29, 1.82) is 5.26 Å². The Bertz CT molecular complexity index is 457. The van der Waals surface area contributed by atoms with Crippen LogP contribution in [0.1, 0.15) is 49.0 Å². The van der Waals surface area contributed by atoms with E-state index in [9.17, 15) is 4.79 Å². The largest absolute Gasteiger partial charge is 0.295 e. The summed E-state index contributed by atoms with van der Waals surface area (Å²) < 4.78 is 0. The van der Waals surface area contributed by atoms with Gasteiger partial charge in [0.05, 0.1) is 19.0 Å². The first-order chi connectivity index (χ1) is 8.95. The van der Waals surface area contributed by atoms with E-state index in [4.69, 9.17) is 5.26 Å². The average Bonchev–Trinajstić information content (AvgIpc) is 2.38. The van der Waals surface area contributed by atoms with Gasteiger partial charge in [-0.2, -0.15) is 5.26 Å². The van der Waals surface area contributed by atoms with Gasteiger partial charge in [-0.05, 0) is 25.5 Å². The summed E-state index contributed by atoms with van der Waals surface area (Å²) in [6.45, 7) is 6.57. The van der Waals surface area contributed by atoms with Gasteiger partial charge >= 0.3 is 0 Å². The van der Waals surface area contributed by atoms with Crippen LogP contribution in [0.25, 0.3) is 0 Å². The normalized spacial score (nSPS) is 12.5. The van der Waals surface area contributed by atoms with Gasteiger partial charge in [0.2, 0.25) is 0 Å². The topological polar surface area (TPSA) is 44.1 Å². The van der Waals surface area contributed by atoms with Crippen LogP contribution in [0.15, 0.2) is 24.3 Å². The predicted octanol–water partition coefficient (Wildman–Crippen LogP) is 3.23. The first-order valence-electron chi connectivity index (χ1n) is 6.66. The number of benzene rings is 1. The van der Waals surface area contributed by atoms with Gasteiger partial charge < -0.3 is 0 Å². The molecule has 0 aliphatic rings. The number of ketones is 1. The fraction of sp³-hybridized carbons (Fsp3) is 0.500. The Morgan fingerprint density at radius 1 is 1.26 bits per heavy atom. The molecule has 1 aromatic carbocycles. The van der Waals surface area contributed by atoms with Crippen LogP contribution in [0.5, 0.6) is 0 Å². The molecule has 0 N–H and O–H groups in total. The maximum atomic E-state index is 12.1. The minimum absolute atomic E-state index is 0.0996. The molecule has 0 saturated carbocycles. The summed E-state index contributed by atoms with van der Waals surface area (Å²) in [6, 6.07) is 10.0. The Morgan fingerprint density at radius 2 is 1.84 bits per heavy atom. The minimum atomic E-state index is 0.0996. The van der Waals surface area contributed by atoms with Crippen LogP contribution >= 0.6 is 0 Å². The van der Waals surface area contributed by atoms with E-state index < -0.39 is 0 Å². The van der Waals surface area contributed by atoms with E-state index in [0.29, 0.717) is 18.9 Å². The van der Waals surface area contributed by atoms with E-state index in [1.165, 1.54) is 5.56 Å². The van der Waals surface area contributed by atoms with Crippen LogP contribution in [0.4, 0.5) is 0 Å². The summed E-state index contributed by atoms with van der Waals surface area (Å²) in [7, 11) is 1.88. The number of carbonyl (C=O) groups is 1. The molecule has 0 heterocycles. The van der Waals surface area contributed by atoms with Gasteiger partial charge in [-0.3, -0.25) is 9.69 Å². The third-order valence-corrected chi connectivity index (χ3v) is 3.43. The standard InChI is InChI=1S/C16H22N2O/c1-12(2)14-5-7-15(8-6-14)16(19)11-18(4)13(3)9-10-17/h5-8,12-13H,9,11H2,1-4H3. The van der Waals surface area contributed by atoms with Gasteiger partial charge in [0.15, 0.2) is 5.78 Å². The number of nitriles is 1. The summed E-state index contributed by atoms with van der Waals surface area (Å²) in [5.41, 5.74) is 1.98. The van der Waals surface area contributed by atoms with E-state index in [-0.39, 0.29) is 11.8 Å². The Balaban J connectivity index is 2.66. The number of rotatable bonds is 6. The molecule has 1 rings (SSSR count). The number of Topliss-reactive ketones (excluding diaryl/α,β-unsaturated/α-hetero) is 1. The maximum absolute atomic E-state index is 12.1. The maximum Gasteiger partial charge on any atom is 0.176 e. The van der Waals surface area contributed by atoms with Gasteiger partial charge in [0.1, 0.15) is 0 Å². The number of hydrogen-bond donors (Lipinski definition) is 0. The van der Waals surface area contributed by atoms with Gasteiger partial charge in [-0.25, -0.2) is 0 Å². The second-order valence-electron chi connectivity index (χ2n) is 5.33. The molecule has 3 nitrogen and oxygen atoms in total. The van der Waals surface area contributed by atoms with E-state index in [2.05, 4.69) is 19.9 Å². The van der Waals surface area contributed by atoms with Crippen LogP contribution in [0, 0.1) is 11.3 Å². The van der Waals surface area contributed by atoms with Crippen molar-refractivity contribution in [2.75, 3.05) is 13.6 Å². The molecule has 0 saturated heterocycles. The Kier molecular flexibility index (Phi) is 5.72. The lowest BCUT2D eigenvalue weighted by atomic mass is 10.0. The van der Waals surface area contributed by atoms with Crippen molar-refractivity contribution in [3.63, 3.8) is 0 Å². The van der Waals surface area contributed by atoms with E-state index in [0.717, 1.165) is 5.56 Å². The van der Waals surface area contributed by atoms with Gasteiger partial charge in [-0.15, -0.1) is 0 Å². The summed E-state index contributed by atoms with van der Waals surface area (Å²) in [5, 5.41) is 8.66. The molecule has 0 spiro atoms. The van der Waals surface area contributed by atoms with Crippen LogP contribution in [0.2, 0.25) is 0 Å². The summed E-state index contributed by atoms with van der Waals surface area (Å²) in [6.07, 6.45) is 0.441. The highest BCUT2D eigenvalue weighted by Gasteiger charge is 2.14. The van der Waals surface area contributed by atoms with Crippen LogP contribution in [0.3, 0.4) is 0 Å². The van der Waals surface area contributed by atoms with E-state index >= 15 is 0 Å². The first-order valence-corrected chi connectivity index (χ1v) is 6.66. The SMILES string of the molecule is CC(C)c1ccc(C(=O)CN(C)C(C)CC#N)cc1. The summed E-state index contributed by atoms with van der Waals surface area (Å²) in [5.74, 6) is 0.574. The average molecular weight is 258 g/mol. The molecule has 1 unspecified atom stereocenters. The first kappa shape index (κ1) is 15.4. The van der Waals surface area contributed by atoms with E-state index in [1.54, 1.807) is 0 Å². The number of nitrogens with zero attached hydrogens (tertiary/aromatic N) is 2. The fourth-order valence-corrected chi connectivity index (χ4v) is 1.82. The molecule has 0 amide bonds. The highest BCUT2D eigenvalue weighted by Crippen LogP contribution is 2.15. The fourth-order valence-electron chi connectivity index (χ4n) is 1.82. The van der Waals surface area contributed by atoms with Crippen molar-refractivity contribution in [3.05, 3.63) is 35.4 Å². The monoisotopic (exact) mass is 258 g/mol. The number of likely N-dealkylation sites (N-methyl/N-ethyl adjacent to an activating group) is 1. The number of carbonyl (C=O) groups excluding carboxylic acids is 1. The van der Waals surface area contributed by atoms with Gasteiger partial charge in [0.25, 0.3) is 0 Å². The third kappa shape index (κ3) is 4.50. The molecule has 1 atom stereocenters. The molecule has 0 aliphatic carbocycles. The van der Waals surface area contributed by atoms with Crippen molar-refractivity contribution in [2.24, 2.45) is 0 Å². The minimum Gasteiger partial charge on any atom is -0.295 e. The van der Waals surface area contributed by atoms with Crippen molar-refractivity contribution in [1.82, 2.24) is 4.90 Å². The predicted molar refractivity (Wildman–Crippen MR) is 77.2 cm³/mol. The zero-order chi connectivity index (χ0) is 14.4. The summed E-state index contributed by atoms with van der Waals surface area (Å²) in [4.78, 5) is 14.0. The van der Waals surface area contributed by atoms with Crippen LogP contribution in [-0.2, 0) is 0 Å². The highest BCUT2D eigenvalue weighted by atomic mass is 16.1. The molecule has 0 radical (unpaired) electrons. The lowest BCUT2D eigenvalue weighted by Crippen LogP contribution is -2.33. The lowest BCUT2D eigenvalue weighted by Gasteiger charge is -2.21. The zero-order valence-corrected chi connectivity index (χ0v) is 12.2. The second kappa shape index (κ2) is 7.06. The smallest absolute Gasteiger partial charge is 0.176 e. The second-order valence-corrected chi connectivity index (χ2v) is 5.33. The molecule has 0 bridgehead atoms. The van der Waals surface area contributed by atoms with Crippen molar-refractivity contribution < 1.29 is 4.79 Å². The summed E-state index contributed by atoms with van der Waals surface area (Å²) >= 11 is 0. The van der Waals surface area contributed by atoms with Crippen LogP contribution < -0.4 is 0 Å². The Morgan fingerprint density at radius 3 is 2.32 bits per heavy atom. The van der Waals surface area contributed by atoms with Crippen LogP contribution in [-0.4, -0.2) is 30.3 Å². The molecule has 0 aromatic heterocycles. The quantitative estimate of drug-likeness (QED) is 0.736. The highest BCUT2D eigenvalue weighted by molar-refractivity contribution is 5.97. The van der Waals surface area contributed by atoms with E-state index in [1.807, 2.05) is 43.1 Å². The van der Waals surface area contributed by atoms with Gasteiger partial charge in [0, 0.05) is 11.6 Å². The molecule has 19 heavy (non-hydrogen) atoms. The molecule has 0 aliphatic heterocycles. The third-order valence-electron chi connectivity index (χ3n) is 3.43. The van der Waals surface area contributed by atoms with Crippen molar-refractivity contribution >= 4 is 5.78 Å². The molecule has 1 aromatic rings. The Hall–Kier alpha value is -1.66. The lowest BCUT2D eigenvalue weighted by molar-refractivity contribution is 0.0925. The molecule has 3 heteroatoms.